The molecular weight excluding hydrogens is 452 g/mol. The third kappa shape index (κ3) is 4.17. The van der Waals surface area contributed by atoms with Gasteiger partial charge in [-0.25, -0.2) is 28.9 Å². The number of nitrogens with zero attached hydrogens (tertiary/aromatic N) is 1. The van der Waals surface area contributed by atoms with E-state index in [4.69, 9.17) is 17.0 Å². The molecule has 11 heteroatoms. The summed E-state index contributed by atoms with van der Waals surface area (Å²) in [4.78, 5) is 61.2. The number of thiocarbonyl (C=S) groups is 1. The summed E-state index contributed by atoms with van der Waals surface area (Å²) >= 11 is 5.41. The third-order valence-corrected chi connectivity index (χ3v) is 4.85. The van der Waals surface area contributed by atoms with Crippen LogP contribution < -0.4 is 10.2 Å². The minimum atomic E-state index is -0.867. The van der Waals surface area contributed by atoms with Gasteiger partial charge in [-0.2, -0.15) is 0 Å². The van der Waals surface area contributed by atoms with Gasteiger partial charge in [0.2, 0.25) is 0 Å². The van der Waals surface area contributed by atoms with Crippen molar-refractivity contribution in [2.24, 2.45) is 0 Å². The number of esters is 4. The number of nitrogens with one attached hydrogen (secondary N) is 1. The zero-order valence-corrected chi connectivity index (χ0v) is 18.4. The zero-order chi connectivity index (χ0) is 24.1. The maximum atomic E-state index is 13.0. The molecule has 33 heavy (non-hydrogen) atoms. The van der Waals surface area contributed by atoms with E-state index >= 15 is 0 Å². The van der Waals surface area contributed by atoms with Crippen LogP contribution in [0.5, 0.6) is 0 Å². The molecule has 0 radical (unpaired) electrons. The molecule has 0 aromatic heterocycles. The van der Waals surface area contributed by atoms with Crippen molar-refractivity contribution in [2.45, 2.75) is 26.4 Å². The second-order valence-electron chi connectivity index (χ2n) is 8.09. The maximum Gasteiger partial charge on any atom is 0.421 e. The van der Waals surface area contributed by atoms with Crippen LogP contribution in [0.2, 0.25) is 0 Å². The number of fused-ring (bicyclic) bond motifs is 2. The highest BCUT2D eigenvalue weighted by Crippen LogP contribution is 2.28. The Morgan fingerprint density at radius 3 is 1.94 bits per heavy atom. The molecule has 0 saturated carbocycles. The number of anilines is 2. The van der Waals surface area contributed by atoms with Gasteiger partial charge in [0, 0.05) is 5.69 Å². The number of carbonyl (C=O) groups is 5. The van der Waals surface area contributed by atoms with Crippen LogP contribution in [0.4, 0.5) is 16.2 Å². The Morgan fingerprint density at radius 1 is 0.848 bits per heavy atom. The lowest BCUT2D eigenvalue weighted by molar-refractivity contribution is 0.0425. The molecule has 0 fully saturated rings. The summed E-state index contributed by atoms with van der Waals surface area (Å²) < 4.78 is 14.6. The van der Waals surface area contributed by atoms with Gasteiger partial charge in [0.15, 0.2) is 5.11 Å². The molecule has 0 bridgehead atoms. The second kappa shape index (κ2) is 7.78. The van der Waals surface area contributed by atoms with Crippen molar-refractivity contribution in [1.29, 1.82) is 0 Å². The summed E-state index contributed by atoms with van der Waals surface area (Å²) in [7, 11) is 0. The molecule has 2 heterocycles. The van der Waals surface area contributed by atoms with Crippen LogP contribution in [-0.4, -0.2) is 40.7 Å². The van der Waals surface area contributed by atoms with Gasteiger partial charge < -0.3 is 19.5 Å². The van der Waals surface area contributed by atoms with E-state index in [2.05, 4.69) is 14.8 Å². The number of rotatable bonds is 2. The quantitative estimate of drug-likeness (QED) is 0.303. The van der Waals surface area contributed by atoms with Gasteiger partial charge in [0.05, 0.1) is 27.9 Å². The van der Waals surface area contributed by atoms with Gasteiger partial charge in [-0.15, -0.1) is 0 Å². The van der Waals surface area contributed by atoms with Crippen molar-refractivity contribution < 1.29 is 38.2 Å². The molecule has 168 valence electrons. The van der Waals surface area contributed by atoms with Gasteiger partial charge in [0.25, 0.3) is 0 Å². The predicted molar refractivity (Wildman–Crippen MR) is 117 cm³/mol. The normalized spacial score (nSPS) is 14.3. The average Bonchev–Trinajstić information content (AvgIpc) is 3.15. The van der Waals surface area contributed by atoms with Crippen molar-refractivity contribution in [3.05, 3.63) is 58.7 Å². The number of ether oxygens (including phenoxy) is 3. The Labute approximate surface area is 192 Å². The minimum absolute atomic E-state index is 0.0207. The molecule has 2 aliphatic heterocycles. The SMILES string of the molecule is CC(C)(C)OC(=O)N(C(=S)Nc1ccc2c(c1)C(=O)OC2=O)c1ccc2c(c1)C(=O)OC2=O. The fraction of sp³-hybridized carbons (Fsp3) is 0.182. The molecule has 2 aliphatic rings. The van der Waals surface area contributed by atoms with Crippen LogP contribution in [0.15, 0.2) is 36.4 Å². The van der Waals surface area contributed by atoms with Gasteiger partial charge in [-0.1, -0.05) is 0 Å². The highest BCUT2D eigenvalue weighted by Gasteiger charge is 2.34. The lowest BCUT2D eigenvalue weighted by atomic mass is 10.1. The fourth-order valence-electron chi connectivity index (χ4n) is 3.17. The summed E-state index contributed by atoms with van der Waals surface area (Å²) in [5.41, 5.74) is -0.217. The van der Waals surface area contributed by atoms with Crippen molar-refractivity contribution >= 4 is 58.7 Å². The largest absolute Gasteiger partial charge is 0.443 e. The standard InChI is InChI=1S/C22H16N2O8S/c1-22(2,3)32-21(29)24(11-5-7-13-15(9-11)19(28)31-17(13)26)20(33)23-10-4-6-12-14(8-10)18(27)30-16(12)25/h4-9H,1-3H3,(H,23,33). The van der Waals surface area contributed by atoms with Crippen molar-refractivity contribution in [1.82, 2.24) is 0 Å². The zero-order valence-electron chi connectivity index (χ0n) is 17.6. The van der Waals surface area contributed by atoms with Gasteiger partial charge in [-0.05, 0) is 69.4 Å². The lowest BCUT2D eigenvalue weighted by Crippen LogP contribution is -2.43. The Kier molecular flexibility index (Phi) is 5.21. The first kappa shape index (κ1) is 22.1. The first-order chi connectivity index (χ1) is 15.4. The van der Waals surface area contributed by atoms with E-state index in [0.717, 1.165) is 4.90 Å². The number of carbonyl (C=O) groups excluding carboxylic acids is 5. The van der Waals surface area contributed by atoms with Crippen molar-refractivity contribution in [2.75, 3.05) is 10.2 Å². The van der Waals surface area contributed by atoms with E-state index in [-0.39, 0.29) is 33.1 Å². The number of hydrogen-bond donors (Lipinski definition) is 1. The number of amides is 1. The number of cyclic esters (lactones) is 4. The molecule has 0 saturated heterocycles. The van der Waals surface area contributed by atoms with E-state index in [1.807, 2.05) is 0 Å². The predicted octanol–water partition coefficient (Wildman–Crippen LogP) is 3.45. The second-order valence-corrected chi connectivity index (χ2v) is 8.48. The van der Waals surface area contributed by atoms with E-state index in [1.165, 1.54) is 36.4 Å². The van der Waals surface area contributed by atoms with Gasteiger partial charge >= 0.3 is 30.0 Å². The Balaban J connectivity index is 1.69. The highest BCUT2D eigenvalue weighted by atomic mass is 32.1. The molecule has 2 aromatic rings. The first-order valence-corrected chi connectivity index (χ1v) is 10.0. The van der Waals surface area contributed by atoms with Crippen molar-refractivity contribution in [3.8, 4) is 0 Å². The van der Waals surface area contributed by atoms with Crippen LogP contribution in [0.1, 0.15) is 62.2 Å². The average molecular weight is 468 g/mol. The van der Waals surface area contributed by atoms with Gasteiger partial charge in [-0.3, -0.25) is 0 Å². The fourth-order valence-corrected chi connectivity index (χ4v) is 3.47. The first-order valence-electron chi connectivity index (χ1n) is 9.60. The summed E-state index contributed by atoms with van der Waals surface area (Å²) in [6, 6.07) is 8.28. The molecule has 1 amide bonds. The maximum absolute atomic E-state index is 13.0. The van der Waals surface area contributed by atoms with E-state index in [1.54, 1.807) is 20.8 Å². The van der Waals surface area contributed by atoms with Crippen LogP contribution in [0, 0.1) is 0 Å². The van der Waals surface area contributed by atoms with Crippen LogP contribution in [-0.2, 0) is 14.2 Å². The number of hydrogen-bond acceptors (Lipinski definition) is 9. The van der Waals surface area contributed by atoms with Crippen LogP contribution in [0.25, 0.3) is 0 Å². The molecule has 0 aliphatic carbocycles. The van der Waals surface area contributed by atoms with Crippen molar-refractivity contribution in [3.63, 3.8) is 0 Å². The van der Waals surface area contributed by atoms with E-state index in [9.17, 15) is 24.0 Å². The smallest absolute Gasteiger partial charge is 0.421 e. The monoisotopic (exact) mass is 468 g/mol. The molecular formula is C22H16N2O8S. The van der Waals surface area contributed by atoms with Gasteiger partial charge in [0.1, 0.15) is 5.60 Å². The molecule has 4 rings (SSSR count). The highest BCUT2D eigenvalue weighted by molar-refractivity contribution is 7.80. The summed E-state index contributed by atoms with van der Waals surface area (Å²) in [5, 5.41) is 2.66. The minimum Gasteiger partial charge on any atom is -0.443 e. The third-order valence-electron chi connectivity index (χ3n) is 4.56. The Hall–Kier alpha value is -4.12. The Morgan fingerprint density at radius 2 is 1.36 bits per heavy atom. The molecule has 1 N–H and O–H groups in total. The molecule has 2 aromatic carbocycles. The van der Waals surface area contributed by atoms with Crippen LogP contribution in [0.3, 0.4) is 0 Å². The summed E-state index contributed by atoms with van der Waals surface area (Å²) in [6.07, 6.45) is -0.853. The lowest BCUT2D eigenvalue weighted by Gasteiger charge is -2.28. The number of benzene rings is 2. The molecule has 10 nitrogen and oxygen atoms in total. The van der Waals surface area contributed by atoms with E-state index in [0.29, 0.717) is 5.69 Å². The Bertz CT molecular complexity index is 1280. The topological polar surface area (TPSA) is 128 Å². The molecule has 0 unspecified atom stereocenters. The summed E-state index contributed by atoms with van der Waals surface area (Å²) in [6.45, 7) is 5.00. The summed E-state index contributed by atoms with van der Waals surface area (Å²) in [5.74, 6) is -3.18. The molecule has 0 spiro atoms. The van der Waals surface area contributed by atoms with E-state index < -0.39 is 35.6 Å². The van der Waals surface area contributed by atoms with Crippen LogP contribution >= 0.6 is 12.2 Å². The molecule has 0 atom stereocenters.